The van der Waals surface area contributed by atoms with Crippen molar-refractivity contribution in [2.45, 2.75) is 53.0 Å². The van der Waals surface area contributed by atoms with E-state index in [0.717, 1.165) is 45.1 Å². The first-order chi connectivity index (χ1) is 14.0. The van der Waals surface area contributed by atoms with Crippen LogP contribution in [-0.2, 0) is 6.54 Å². The summed E-state index contributed by atoms with van der Waals surface area (Å²) in [6.07, 6.45) is 6.57. The smallest absolute Gasteiger partial charge is 0.261 e. The lowest BCUT2D eigenvalue weighted by Gasteiger charge is -2.22. The fraction of sp³-hybridized carbons (Fsp3) is 0.435. The number of rotatable bonds is 4. The average Bonchev–Trinajstić information content (AvgIpc) is 2.89. The van der Waals surface area contributed by atoms with Gasteiger partial charge in [0.1, 0.15) is 17.0 Å². The van der Waals surface area contributed by atoms with Crippen LogP contribution >= 0.6 is 11.3 Å². The van der Waals surface area contributed by atoms with Crippen LogP contribution < -0.4 is 10.2 Å². The lowest BCUT2D eigenvalue weighted by atomic mass is 10.1. The normalized spacial score (nSPS) is 14.8. The van der Waals surface area contributed by atoms with E-state index < -0.39 is 0 Å². The molecule has 6 heteroatoms. The van der Waals surface area contributed by atoms with E-state index in [-0.39, 0.29) is 5.91 Å². The molecule has 0 bridgehead atoms. The number of aryl methyl sites for hydroxylation is 3. The summed E-state index contributed by atoms with van der Waals surface area (Å²) in [6.45, 7) is 8.75. The maximum absolute atomic E-state index is 13.0. The van der Waals surface area contributed by atoms with Crippen molar-refractivity contribution in [1.82, 2.24) is 15.3 Å². The van der Waals surface area contributed by atoms with Gasteiger partial charge in [0.05, 0.1) is 10.3 Å². The van der Waals surface area contributed by atoms with Crippen molar-refractivity contribution in [3.05, 3.63) is 51.7 Å². The van der Waals surface area contributed by atoms with Gasteiger partial charge in [0.2, 0.25) is 0 Å². The van der Waals surface area contributed by atoms with Crippen molar-refractivity contribution >= 4 is 33.3 Å². The molecule has 152 valence electrons. The van der Waals surface area contributed by atoms with E-state index >= 15 is 0 Å². The molecule has 4 rings (SSSR count). The van der Waals surface area contributed by atoms with Crippen LogP contribution in [0.5, 0.6) is 0 Å². The Bertz CT molecular complexity index is 1030. The highest BCUT2D eigenvalue weighted by atomic mass is 32.1. The Morgan fingerprint density at radius 1 is 1.10 bits per heavy atom. The summed E-state index contributed by atoms with van der Waals surface area (Å²) in [7, 11) is 0. The molecule has 1 amide bonds. The van der Waals surface area contributed by atoms with Crippen LogP contribution in [0.4, 0.5) is 5.82 Å². The van der Waals surface area contributed by atoms with E-state index in [2.05, 4.69) is 52.2 Å². The van der Waals surface area contributed by atoms with Crippen molar-refractivity contribution < 1.29 is 4.79 Å². The molecular weight excluding hydrogens is 380 g/mol. The molecule has 29 heavy (non-hydrogen) atoms. The first kappa shape index (κ1) is 19.8. The summed E-state index contributed by atoms with van der Waals surface area (Å²) >= 11 is 1.47. The van der Waals surface area contributed by atoms with Gasteiger partial charge in [-0.15, -0.1) is 11.3 Å². The SMILES string of the molecule is Cc1ccc(C)c(CNC(=O)c2sc3ncnc(N4CCCCCC4)c3c2C)c1. The number of carbonyl (C=O) groups is 1. The number of carbonyl (C=O) groups excluding carboxylic acids is 1. The van der Waals surface area contributed by atoms with Crippen LogP contribution in [0.15, 0.2) is 24.5 Å². The van der Waals surface area contributed by atoms with Gasteiger partial charge < -0.3 is 10.2 Å². The molecule has 0 atom stereocenters. The van der Waals surface area contributed by atoms with E-state index in [1.807, 2.05) is 6.92 Å². The monoisotopic (exact) mass is 408 g/mol. The number of nitrogens with one attached hydrogen (secondary N) is 1. The molecule has 0 aliphatic carbocycles. The highest BCUT2D eigenvalue weighted by Gasteiger charge is 2.22. The third-order valence-corrected chi connectivity index (χ3v) is 6.96. The Morgan fingerprint density at radius 3 is 2.62 bits per heavy atom. The standard InChI is InChI=1S/C23H28N4OS/c1-15-8-9-16(2)18(12-15)13-24-22(28)20-17(3)19-21(25-14-26-23(19)29-20)27-10-6-4-5-7-11-27/h8-9,12,14H,4-7,10-11,13H2,1-3H3,(H,24,28). The molecular formula is C23H28N4OS. The quantitative estimate of drug-likeness (QED) is 0.665. The second-order valence-corrected chi connectivity index (χ2v) is 8.95. The minimum Gasteiger partial charge on any atom is -0.356 e. The number of benzene rings is 1. The summed E-state index contributed by atoms with van der Waals surface area (Å²) in [5.74, 6) is 0.951. The summed E-state index contributed by atoms with van der Waals surface area (Å²) < 4.78 is 0. The van der Waals surface area contributed by atoms with E-state index in [4.69, 9.17) is 0 Å². The summed E-state index contributed by atoms with van der Waals surface area (Å²) in [5.41, 5.74) is 4.54. The summed E-state index contributed by atoms with van der Waals surface area (Å²) in [5, 5.41) is 4.14. The lowest BCUT2D eigenvalue weighted by molar-refractivity contribution is 0.0954. The Balaban J connectivity index is 1.61. The number of hydrogen-bond donors (Lipinski definition) is 1. The Hall–Kier alpha value is -2.47. The van der Waals surface area contributed by atoms with Crippen molar-refractivity contribution in [3.8, 4) is 0 Å². The van der Waals surface area contributed by atoms with Gasteiger partial charge in [-0.3, -0.25) is 4.79 Å². The Labute approximate surface area is 176 Å². The van der Waals surface area contributed by atoms with Gasteiger partial charge in [-0.1, -0.05) is 36.6 Å². The van der Waals surface area contributed by atoms with Gasteiger partial charge in [0.25, 0.3) is 5.91 Å². The zero-order valence-electron chi connectivity index (χ0n) is 17.4. The van der Waals surface area contributed by atoms with Gasteiger partial charge >= 0.3 is 0 Å². The maximum atomic E-state index is 13.0. The lowest BCUT2D eigenvalue weighted by Crippen LogP contribution is -2.25. The Morgan fingerprint density at radius 2 is 1.86 bits per heavy atom. The van der Waals surface area contributed by atoms with Crippen molar-refractivity contribution in [2.24, 2.45) is 0 Å². The Kier molecular flexibility index (Phi) is 5.81. The van der Waals surface area contributed by atoms with Gasteiger partial charge in [0.15, 0.2) is 0 Å². The highest BCUT2D eigenvalue weighted by Crippen LogP contribution is 2.35. The van der Waals surface area contributed by atoms with E-state index in [1.54, 1.807) is 6.33 Å². The number of aromatic nitrogens is 2. The molecule has 2 aromatic heterocycles. The number of fused-ring (bicyclic) bond motifs is 1. The van der Waals surface area contributed by atoms with Crippen LogP contribution in [0.3, 0.4) is 0 Å². The van der Waals surface area contributed by atoms with Gasteiger partial charge in [-0.25, -0.2) is 9.97 Å². The summed E-state index contributed by atoms with van der Waals surface area (Å²) in [4.78, 5) is 26.1. The predicted molar refractivity (Wildman–Crippen MR) is 120 cm³/mol. The zero-order chi connectivity index (χ0) is 20.4. The molecule has 1 aromatic carbocycles. The molecule has 1 saturated heterocycles. The average molecular weight is 409 g/mol. The molecule has 1 N–H and O–H groups in total. The molecule has 0 radical (unpaired) electrons. The van der Waals surface area contributed by atoms with Crippen LogP contribution in [0, 0.1) is 20.8 Å². The topological polar surface area (TPSA) is 58.1 Å². The fourth-order valence-electron chi connectivity index (χ4n) is 4.04. The third kappa shape index (κ3) is 4.13. The van der Waals surface area contributed by atoms with Crippen molar-refractivity contribution in [2.75, 3.05) is 18.0 Å². The van der Waals surface area contributed by atoms with Gasteiger partial charge in [-0.2, -0.15) is 0 Å². The number of anilines is 1. The second-order valence-electron chi connectivity index (χ2n) is 7.95. The van der Waals surface area contributed by atoms with Gasteiger partial charge in [0, 0.05) is 19.6 Å². The summed E-state index contributed by atoms with van der Waals surface area (Å²) in [6, 6.07) is 6.33. The first-order valence-corrected chi connectivity index (χ1v) is 11.2. The number of amides is 1. The number of hydrogen-bond acceptors (Lipinski definition) is 5. The zero-order valence-corrected chi connectivity index (χ0v) is 18.2. The largest absolute Gasteiger partial charge is 0.356 e. The van der Waals surface area contributed by atoms with Crippen molar-refractivity contribution in [3.63, 3.8) is 0 Å². The molecule has 1 aliphatic rings. The van der Waals surface area contributed by atoms with Crippen LogP contribution in [0.2, 0.25) is 0 Å². The van der Waals surface area contributed by atoms with E-state index in [1.165, 1.54) is 48.1 Å². The van der Waals surface area contributed by atoms with E-state index in [9.17, 15) is 4.79 Å². The number of nitrogens with zero attached hydrogens (tertiary/aromatic N) is 3. The second kappa shape index (κ2) is 8.49. The minimum atomic E-state index is -0.0341. The highest BCUT2D eigenvalue weighted by molar-refractivity contribution is 7.20. The molecule has 0 unspecified atom stereocenters. The third-order valence-electron chi connectivity index (χ3n) is 5.76. The maximum Gasteiger partial charge on any atom is 0.261 e. The molecule has 0 saturated carbocycles. The van der Waals surface area contributed by atoms with Crippen LogP contribution in [0.1, 0.15) is 57.6 Å². The fourth-order valence-corrected chi connectivity index (χ4v) is 5.10. The van der Waals surface area contributed by atoms with Crippen LogP contribution in [0.25, 0.3) is 10.2 Å². The molecule has 1 fully saturated rings. The van der Waals surface area contributed by atoms with E-state index in [0.29, 0.717) is 6.54 Å². The van der Waals surface area contributed by atoms with Crippen molar-refractivity contribution in [1.29, 1.82) is 0 Å². The van der Waals surface area contributed by atoms with Gasteiger partial charge in [-0.05, 0) is 50.3 Å². The first-order valence-electron chi connectivity index (χ1n) is 10.4. The molecule has 3 aromatic rings. The molecule has 5 nitrogen and oxygen atoms in total. The van der Waals surface area contributed by atoms with Crippen LogP contribution in [-0.4, -0.2) is 29.0 Å². The molecule has 3 heterocycles. The molecule has 0 spiro atoms. The predicted octanol–water partition coefficient (Wildman–Crippen LogP) is 4.93. The minimum absolute atomic E-state index is 0.0341. The molecule has 1 aliphatic heterocycles. The number of thiophene rings is 1.